The van der Waals surface area contributed by atoms with Gasteiger partial charge in [-0.2, -0.15) is 0 Å². The zero-order valence-electron chi connectivity index (χ0n) is 13.4. The van der Waals surface area contributed by atoms with Gasteiger partial charge in [-0.25, -0.2) is 4.98 Å². The summed E-state index contributed by atoms with van der Waals surface area (Å²) in [6.45, 7) is 8.45. The first kappa shape index (κ1) is 15.9. The van der Waals surface area contributed by atoms with Crippen LogP contribution in [0.4, 0.5) is 0 Å². The van der Waals surface area contributed by atoms with Crippen LogP contribution in [-0.2, 0) is 12.0 Å². The molecule has 0 aromatic carbocycles. The molecule has 114 valence electrons. The summed E-state index contributed by atoms with van der Waals surface area (Å²) in [4.78, 5) is 7.28. The fraction of sp³-hybridized carbons (Fsp3) is 0.812. The minimum absolute atomic E-state index is 0.159. The van der Waals surface area contributed by atoms with Crippen LogP contribution in [0.3, 0.4) is 0 Å². The third-order valence-corrected chi connectivity index (χ3v) is 5.66. The van der Waals surface area contributed by atoms with Gasteiger partial charge in [0.05, 0.1) is 10.7 Å². The van der Waals surface area contributed by atoms with Crippen LogP contribution < -0.4 is 5.73 Å². The van der Waals surface area contributed by atoms with E-state index >= 15 is 0 Å². The highest BCUT2D eigenvalue weighted by molar-refractivity contribution is 7.09. The molecule has 2 unspecified atom stereocenters. The Morgan fingerprint density at radius 3 is 2.65 bits per heavy atom. The number of hydrogen-bond donors (Lipinski definition) is 1. The Morgan fingerprint density at radius 1 is 1.35 bits per heavy atom. The van der Waals surface area contributed by atoms with E-state index in [1.54, 1.807) is 11.3 Å². The summed E-state index contributed by atoms with van der Waals surface area (Å²) in [6.07, 6.45) is 5.26. The molecule has 1 aliphatic carbocycles. The molecule has 0 radical (unpaired) electrons. The molecule has 0 saturated heterocycles. The van der Waals surface area contributed by atoms with Crippen LogP contribution in [0.1, 0.15) is 57.2 Å². The van der Waals surface area contributed by atoms with Crippen molar-refractivity contribution < 1.29 is 0 Å². The van der Waals surface area contributed by atoms with Crippen molar-refractivity contribution in [1.82, 2.24) is 9.88 Å². The molecule has 2 atom stereocenters. The number of hydrogen-bond acceptors (Lipinski definition) is 4. The monoisotopic (exact) mass is 295 g/mol. The molecular weight excluding hydrogens is 266 g/mol. The van der Waals surface area contributed by atoms with Crippen molar-refractivity contribution in [2.24, 2.45) is 11.7 Å². The maximum Gasteiger partial charge on any atom is 0.0982 e. The summed E-state index contributed by atoms with van der Waals surface area (Å²) in [5.74, 6) is 0.662. The van der Waals surface area contributed by atoms with Crippen molar-refractivity contribution in [2.75, 3.05) is 13.6 Å². The summed E-state index contributed by atoms with van der Waals surface area (Å²) >= 11 is 1.79. The van der Waals surface area contributed by atoms with Gasteiger partial charge in [-0.1, -0.05) is 33.6 Å². The minimum Gasteiger partial charge on any atom is -0.330 e. The number of thiazole rings is 1. The zero-order valence-corrected chi connectivity index (χ0v) is 14.2. The van der Waals surface area contributed by atoms with Crippen molar-refractivity contribution in [3.63, 3.8) is 0 Å². The van der Waals surface area contributed by atoms with Gasteiger partial charge in [-0.3, -0.25) is 4.90 Å². The van der Waals surface area contributed by atoms with E-state index in [0.717, 1.165) is 13.1 Å². The second-order valence-corrected chi connectivity index (χ2v) is 8.01. The molecule has 1 aromatic heterocycles. The summed E-state index contributed by atoms with van der Waals surface area (Å²) in [6, 6.07) is 0.633. The van der Waals surface area contributed by atoms with Crippen molar-refractivity contribution in [3.05, 3.63) is 16.1 Å². The highest BCUT2D eigenvalue weighted by Crippen LogP contribution is 2.29. The first-order valence-electron chi connectivity index (χ1n) is 7.77. The molecule has 3 nitrogen and oxygen atoms in total. The summed E-state index contributed by atoms with van der Waals surface area (Å²) in [5.41, 5.74) is 7.32. The third kappa shape index (κ3) is 3.80. The van der Waals surface area contributed by atoms with Crippen LogP contribution in [0, 0.1) is 5.92 Å². The fourth-order valence-electron chi connectivity index (χ4n) is 3.14. The maximum absolute atomic E-state index is 5.95. The molecule has 1 heterocycles. The Bertz CT molecular complexity index is 422. The van der Waals surface area contributed by atoms with Gasteiger partial charge in [0.2, 0.25) is 0 Å². The molecular formula is C16H29N3S. The molecule has 0 amide bonds. The highest BCUT2D eigenvalue weighted by atomic mass is 32.1. The Balaban J connectivity index is 2.00. The van der Waals surface area contributed by atoms with Gasteiger partial charge in [0.25, 0.3) is 0 Å². The molecule has 20 heavy (non-hydrogen) atoms. The Labute approximate surface area is 127 Å². The normalized spacial score (nSPS) is 24.3. The number of nitrogens with two attached hydrogens (primary N) is 1. The molecule has 2 N–H and O–H groups in total. The largest absolute Gasteiger partial charge is 0.330 e. The van der Waals surface area contributed by atoms with Crippen LogP contribution in [0.5, 0.6) is 0 Å². The van der Waals surface area contributed by atoms with E-state index in [9.17, 15) is 0 Å². The lowest BCUT2D eigenvalue weighted by atomic mass is 9.83. The smallest absolute Gasteiger partial charge is 0.0982 e. The zero-order chi connectivity index (χ0) is 14.8. The lowest BCUT2D eigenvalue weighted by Gasteiger charge is -2.37. The van der Waals surface area contributed by atoms with Crippen molar-refractivity contribution in [3.8, 4) is 0 Å². The molecule has 1 aromatic rings. The predicted molar refractivity (Wildman–Crippen MR) is 87.1 cm³/mol. The van der Waals surface area contributed by atoms with E-state index in [1.807, 2.05) is 0 Å². The quantitative estimate of drug-likeness (QED) is 0.926. The van der Waals surface area contributed by atoms with Gasteiger partial charge in [0.15, 0.2) is 0 Å². The number of aromatic nitrogens is 1. The topological polar surface area (TPSA) is 42.2 Å². The van der Waals surface area contributed by atoms with Gasteiger partial charge >= 0.3 is 0 Å². The Hall–Kier alpha value is -0.450. The van der Waals surface area contributed by atoms with E-state index in [-0.39, 0.29) is 5.41 Å². The second kappa shape index (κ2) is 6.54. The molecule has 0 spiro atoms. The lowest BCUT2D eigenvalue weighted by Crippen LogP contribution is -2.42. The Morgan fingerprint density at radius 2 is 2.05 bits per heavy atom. The average Bonchev–Trinajstić information content (AvgIpc) is 2.87. The first-order valence-corrected chi connectivity index (χ1v) is 8.65. The van der Waals surface area contributed by atoms with E-state index in [0.29, 0.717) is 12.0 Å². The van der Waals surface area contributed by atoms with Gasteiger partial charge < -0.3 is 5.73 Å². The summed E-state index contributed by atoms with van der Waals surface area (Å²) < 4.78 is 0. The maximum atomic E-state index is 5.95. The fourth-order valence-corrected chi connectivity index (χ4v) is 4.04. The van der Waals surface area contributed by atoms with Crippen LogP contribution in [0.15, 0.2) is 5.38 Å². The SMILES string of the molecule is CN(Cc1csc(C(C)(C)C)n1)C1CCCCC1CN. The molecule has 0 bridgehead atoms. The summed E-state index contributed by atoms with van der Waals surface area (Å²) in [7, 11) is 2.23. The van der Waals surface area contributed by atoms with Crippen LogP contribution in [0.2, 0.25) is 0 Å². The first-order chi connectivity index (χ1) is 9.41. The second-order valence-electron chi connectivity index (χ2n) is 7.16. The molecule has 1 aliphatic rings. The minimum atomic E-state index is 0.159. The van der Waals surface area contributed by atoms with Crippen LogP contribution in [0.25, 0.3) is 0 Å². The molecule has 4 heteroatoms. The van der Waals surface area contributed by atoms with Gasteiger partial charge in [0, 0.05) is 23.4 Å². The number of rotatable bonds is 4. The van der Waals surface area contributed by atoms with E-state index in [4.69, 9.17) is 10.7 Å². The van der Waals surface area contributed by atoms with E-state index in [1.165, 1.54) is 36.4 Å². The standard InChI is InChI=1S/C16H29N3S/c1-16(2,3)15-18-13(11-20-15)10-19(4)14-8-6-5-7-12(14)9-17/h11-12,14H,5-10,17H2,1-4H3. The summed E-state index contributed by atoms with van der Waals surface area (Å²) in [5, 5.41) is 3.46. The van der Waals surface area contributed by atoms with E-state index in [2.05, 4.69) is 38.1 Å². The van der Waals surface area contributed by atoms with Gasteiger partial charge in [0.1, 0.15) is 0 Å². The third-order valence-electron chi connectivity index (χ3n) is 4.34. The Kier molecular flexibility index (Phi) is 5.21. The van der Waals surface area contributed by atoms with Crippen LogP contribution in [-0.4, -0.2) is 29.5 Å². The predicted octanol–water partition coefficient (Wildman–Crippen LogP) is 3.39. The van der Waals surface area contributed by atoms with Crippen molar-refractivity contribution in [2.45, 2.75) is 64.5 Å². The molecule has 1 fully saturated rings. The van der Waals surface area contributed by atoms with Crippen LogP contribution >= 0.6 is 11.3 Å². The van der Waals surface area contributed by atoms with Gasteiger partial charge in [-0.05, 0) is 32.4 Å². The van der Waals surface area contributed by atoms with Crippen molar-refractivity contribution in [1.29, 1.82) is 0 Å². The molecule has 2 rings (SSSR count). The lowest BCUT2D eigenvalue weighted by molar-refractivity contribution is 0.126. The average molecular weight is 295 g/mol. The number of nitrogens with zero attached hydrogens (tertiary/aromatic N) is 2. The molecule has 0 aliphatic heterocycles. The molecule has 1 saturated carbocycles. The van der Waals surface area contributed by atoms with Crippen molar-refractivity contribution >= 4 is 11.3 Å². The van der Waals surface area contributed by atoms with Gasteiger partial charge in [-0.15, -0.1) is 11.3 Å². The van der Waals surface area contributed by atoms with E-state index < -0.39 is 0 Å². The highest BCUT2D eigenvalue weighted by Gasteiger charge is 2.28.